The molecule has 3 aliphatic rings. The van der Waals surface area contributed by atoms with Crippen molar-refractivity contribution in [3.63, 3.8) is 0 Å². The summed E-state index contributed by atoms with van der Waals surface area (Å²) in [5.74, 6) is 1.85. The average molecular weight is 374 g/mol. The van der Waals surface area contributed by atoms with E-state index >= 15 is 0 Å². The van der Waals surface area contributed by atoms with Gasteiger partial charge in [-0.3, -0.25) is 0 Å². The van der Waals surface area contributed by atoms with E-state index in [0.717, 1.165) is 25.0 Å². The molecule has 152 valence electrons. The summed E-state index contributed by atoms with van der Waals surface area (Å²) in [6.45, 7) is 12.8. The third-order valence-electron chi connectivity index (χ3n) is 6.93. The molecular weight excluding hydrogens is 334 g/mol. The van der Waals surface area contributed by atoms with Crippen molar-refractivity contribution in [3.05, 3.63) is 18.5 Å². The Kier molecular flexibility index (Phi) is 7.48. The van der Waals surface area contributed by atoms with E-state index in [1.54, 1.807) is 0 Å². The van der Waals surface area contributed by atoms with E-state index in [9.17, 15) is 0 Å². The van der Waals surface area contributed by atoms with E-state index in [2.05, 4.69) is 31.7 Å². The van der Waals surface area contributed by atoms with Crippen LogP contribution in [0.2, 0.25) is 0 Å². The molecule has 0 atom stereocenters. The molecule has 4 heterocycles. The van der Waals surface area contributed by atoms with E-state index in [1.165, 1.54) is 71.2 Å². The van der Waals surface area contributed by atoms with Gasteiger partial charge in [0.05, 0.1) is 0 Å². The first-order valence-electron chi connectivity index (χ1n) is 11.2. The zero-order chi connectivity index (χ0) is 19.1. The molecule has 0 radical (unpaired) electrons. The van der Waals surface area contributed by atoms with Crippen LogP contribution in [0.5, 0.6) is 0 Å². The van der Waals surface area contributed by atoms with Crippen molar-refractivity contribution in [2.45, 2.75) is 52.4 Å². The molecule has 0 N–H and O–H groups in total. The lowest BCUT2D eigenvalue weighted by atomic mass is 9.71. The Morgan fingerprint density at radius 1 is 0.889 bits per heavy atom. The Bertz CT molecular complexity index is 523. The molecule has 3 fully saturated rings. The number of likely N-dealkylation sites (tertiary alicyclic amines) is 2. The second-order valence-electron chi connectivity index (χ2n) is 8.58. The van der Waals surface area contributed by atoms with Crippen LogP contribution in [0.4, 0.5) is 5.95 Å². The minimum Gasteiger partial charge on any atom is -0.341 e. The molecule has 27 heavy (non-hydrogen) atoms. The molecule has 3 saturated heterocycles. The SMILES string of the molecule is CC.CN1CCC(CN2CCC3(CC2)CCN(c2ncccn2)CC3)CC1. The van der Waals surface area contributed by atoms with Gasteiger partial charge in [0, 0.05) is 32.0 Å². The van der Waals surface area contributed by atoms with Crippen LogP contribution in [-0.2, 0) is 0 Å². The molecule has 5 nitrogen and oxygen atoms in total. The van der Waals surface area contributed by atoms with Gasteiger partial charge in [-0.2, -0.15) is 0 Å². The fraction of sp³-hybridized carbons (Fsp3) is 0.818. The van der Waals surface area contributed by atoms with Crippen molar-refractivity contribution >= 4 is 5.95 Å². The number of piperidine rings is 3. The minimum absolute atomic E-state index is 0.592. The molecule has 5 heteroatoms. The Balaban J connectivity index is 0.00000102. The first-order valence-corrected chi connectivity index (χ1v) is 11.2. The van der Waals surface area contributed by atoms with Crippen molar-refractivity contribution < 1.29 is 0 Å². The van der Waals surface area contributed by atoms with Gasteiger partial charge in [0.25, 0.3) is 0 Å². The standard InChI is InChI=1S/C20H33N5.C2H6/c1-23-11-3-18(4-12-23)17-24-13-5-20(6-14-24)7-15-25(16-8-20)19-21-9-2-10-22-19;1-2/h2,9-10,18H,3-8,11-17H2,1H3;1-2H3. The maximum Gasteiger partial charge on any atom is 0.225 e. The molecule has 0 amide bonds. The first-order chi connectivity index (χ1) is 13.2. The van der Waals surface area contributed by atoms with Crippen LogP contribution in [0.15, 0.2) is 18.5 Å². The molecule has 1 spiro atoms. The predicted molar refractivity (Wildman–Crippen MR) is 113 cm³/mol. The predicted octanol–water partition coefficient (Wildman–Crippen LogP) is 3.53. The zero-order valence-corrected chi connectivity index (χ0v) is 17.7. The summed E-state index contributed by atoms with van der Waals surface area (Å²) in [5.41, 5.74) is 0.592. The molecule has 0 aromatic carbocycles. The normalized spacial score (nSPS) is 24.5. The molecule has 1 aromatic heterocycles. The molecule has 0 aliphatic carbocycles. The van der Waals surface area contributed by atoms with Crippen LogP contribution < -0.4 is 4.90 Å². The lowest BCUT2D eigenvalue weighted by molar-refractivity contribution is 0.0618. The Labute approximate surface area is 166 Å². The van der Waals surface area contributed by atoms with Gasteiger partial charge in [0.2, 0.25) is 5.95 Å². The van der Waals surface area contributed by atoms with Gasteiger partial charge in [-0.25, -0.2) is 9.97 Å². The minimum atomic E-state index is 0.592. The van der Waals surface area contributed by atoms with E-state index in [0.29, 0.717) is 5.41 Å². The fourth-order valence-electron chi connectivity index (χ4n) is 4.96. The third kappa shape index (κ3) is 5.41. The number of anilines is 1. The number of rotatable bonds is 3. The van der Waals surface area contributed by atoms with Gasteiger partial charge in [0.15, 0.2) is 0 Å². The summed E-state index contributed by atoms with van der Waals surface area (Å²) < 4.78 is 0. The summed E-state index contributed by atoms with van der Waals surface area (Å²) in [6.07, 6.45) is 11.9. The van der Waals surface area contributed by atoms with E-state index in [-0.39, 0.29) is 0 Å². The Morgan fingerprint density at radius 3 is 2.04 bits per heavy atom. The topological polar surface area (TPSA) is 35.5 Å². The monoisotopic (exact) mass is 373 g/mol. The zero-order valence-electron chi connectivity index (χ0n) is 17.7. The summed E-state index contributed by atoms with van der Waals surface area (Å²) in [5, 5.41) is 0. The van der Waals surface area contributed by atoms with Crippen LogP contribution in [-0.4, -0.2) is 72.6 Å². The molecule has 3 aliphatic heterocycles. The summed E-state index contributed by atoms with van der Waals surface area (Å²) >= 11 is 0. The van der Waals surface area contributed by atoms with Gasteiger partial charge < -0.3 is 14.7 Å². The Hall–Kier alpha value is -1.20. The fourth-order valence-corrected chi connectivity index (χ4v) is 4.96. The number of hydrogen-bond acceptors (Lipinski definition) is 5. The van der Waals surface area contributed by atoms with Gasteiger partial charge in [0.1, 0.15) is 0 Å². The quantitative estimate of drug-likeness (QED) is 0.810. The largest absolute Gasteiger partial charge is 0.341 e. The third-order valence-corrected chi connectivity index (χ3v) is 6.93. The van der Waals surface area contributed by atoms with Gasteiger partial charge in [-0.05, 0) is 89.2 Å². The van der Waals surface area contributed by atoms with Crippen LogP contribution in [0, 0.1) is 11.3 Å². The highest BCUT2D eigenvalue weighted by Crippen LogP contribution is 2.42. The molecule has 0 saturated carbocycles. The first kappa shape index (κ1) is 20.5. The van der Waals surface area contributed by atoms with Crippen LogP contribution in [0.1, 0.15) is 52.4 Å². The second kappa shape index (κ2) is 9.83. The van der Waals surface area contributed by atoms with Crippen LogP contribution in [0.25, 0.3) is 0 Å². The molecule has 1 aromatic rings. The van der Waals surface area contributed by atoms with E-state index in [1.807, 2.05) is 32.3 Å². The molecule has 0 unspecified atom stereocenters. The number of hydrogen-bond donors (Lipinski definition) is 0. The summed E-state index contributed by atoms with van der Waals surface area (Å²) in [6, 6.07) is 1.90. The lowest BCUT2D eigenvalue weighted by Crippen LogP contribution is -2.48. The van der Waals surface area contributed by atoms with Crippen molar-refractivity contribution in [1.82, 2.24) is 19.8 Å². The van der Waals surface area contributed by atoms with Crippen molar-refractivity contribution in [3.8, 4) is 0 Å². The average Bonchev–Trinajstić information content (AvgIpc) is 2.74. The van der Waals surface area contributed by atoms with Gasteiger partial charge in [-0.1, -0.05) is 13.8 Å². The summed E-state index contributed by atoms with van der Waals surface area (Å²) in [4.78, 5) is 16.5. The van der Waals surface area contributed by atoms with E-state index < -0.39 is 0 Å². The lowest BCUT2D eigenvalue weighted by Gasteiger charge is -2.47. The number of aromatic nitrogens is 2. The molecular formula is C22H39N5. The van der Waals surface area contributed by atoms with Gasteiger partial charge in [-0.15, -0.1) is 0 Å². The van der Waals surface area contributed by atoms with Crippen molar-refractivity contribution in [2.75, 3.05) is 57.8 Å². The molecule has 4 rings (SSSR count). The van der Waals surface area contributed by atoms with Crippen LogP contribution in [0.3, 0.4) is 0 Å². The van der Waals surface area contributed by atoms with Crippen molar-refractivity contribution in [2.24, 2.45) is 11.3 Å². The smallest absolute Gasteiger partial charge is 0.225 e. The van der Waals surface area contributed by atoms with Gasteiger partial charge >= 0.3 is 0 Å². The maximum absolute atomic E-state index is 4.42. The van der Waals surface area contributed by atoms with E-state index in [4.69, 9.17) is 0 Å². The number of nitrogens with zero attached hydrogens (tertiary/aromatic N) is 5. The summed E-state index contributed by atoms with van der Waals surface area (Å²) in [7, 11) is 2.26. The van der Waals surface area contributed by atoms with Crippen molar-refractivity contribution in [1.29, 1.82) is 0 Å². The highest BCUT2D eigenvalue weighted by atomic mass is 15.3. The highest BCUT2D eigenvalue weighted by molar-refractivity contribution is 5.29. The van der Waals surface area contributed by atoms with Crippen LogP contribution >= 0.6 is 0 Å². The second-order valence-corrected chi connectivity index (χ2v) is 8.58. The Morgan fingerprint density at radius 2 is 1.44 bits per heavy atom. The molecule has 0 bridgehead atoms. The maximum atomic E-state index is 4.42. The highest BCUT2D eigenvalue weighted by Gasteiger charge is 2.38.